The van der Waals surface area contributed by atoms with E-state index in [4.69, 9.17) is 4.74 Å². The number of halogens is 1. The molecular weight excluding hydrogens is 429 g/mol. The van der Waals surface area contributed by atoms with Crippen molar-refractivity contribution < 1.29 is 4.74 Å². The normalized spacial score (nSPS) is 11.0. The van der Waals surface area contributed by atoms with Crippen molar-refractivity contribution in [3.05, 3.63) is 47.3 Å². The summed E-state index contributed by atoms with van der Waals surface area (Å²) in [5, 5.41) is 10.8. The van der Waals surface area contributed by atoms with E-state index in [1.165, 1.54) is 5.56 Å². The summed E-state index contributed by atoms with van der Waals surface area (Å²) in [6.45, 7) is 6.25. The standard InChI is InChI=1S/C18H27N5O.HI/c1-5-8-24-17-9-14(2)6-7-16(17)12-21-18(19-3)20-10-15-11-22-23(4)13-15;/h6-7,9,11,13H,5,8,10,12H2,1-4H3,(H2,19,20,21);1H. The first-order chi connectivity index (χ1) is 11.6. The maximum Gasteiger partial charge on any atom is 0.191 e. The molecule has 138 valence electrons. The Bertz CT molecular complexity index is 684. The number of aryl methyl sites for hydroxylation is 2. The molecule has 0 saturated carbocycles. The number of ether oxygens (including phenoxy) is 1. The molecule has 0 saturated heterocycles. The van der Waals surface area contributed by atoms with Gasteiger partial charge in [0.2, 0.25) is 0 Å². The molecule has 0 aliphatic carbocycles. The first kappa shape index (κ1) is 21.3. The molecule has 7 heteroatoms. The Balaban J connectivity index is 0.00000312. The number of benzene rings is 1. The fraction of sp³-hybridized carbons (Fsp3) is 0.444. The van der Waals surface area contributed by atoms with Crippen molar-refractivity contribution in [2.24, 2.45) is 12.0 Å². The van der Waals surface area contributed by atoms with Gasteiger partial charge in [0.1, 0.15) is 5.75 Å². The quantitative estimate of drug-likeness (QED) is 0.381. The van der Waals surface area contributed by atoms with Gasteiger partial charge in [-0.25, -0.2) is 0 Å². The van der Waals surface area contributed by atoms with Crippen molar-refractivity contribution in [3.8, 4) is 5.75 Å². The van der Waals surface area contributed by atoms with E-state index in [0.717, 1.165) is 35.9 Å². The van der Waals surface area contributed by atoms with Gasteiger partial charge < -0.3 is 15.4 Å². The minimum absolute atomic E-state index is 0. The van der Waals surface area contributed by atoms with Crippen LogP contribution in [0, 0.1) is 6.92 Å². The molecule has 0 amide bonds. The molecule has 0 aliphatic rings. The zero-order chi connectivity index (χ0) is 17.4. The highest BCUT2D eigenvalue weighted by Gasteiger charge is 2.06. The molecule has 0 atom stereocenters. The van der Waals surface area contributed by atoms with Gasteiger partial charge in [0.25, 0.3) is 0 Å². The van der Waals surface area contributed by atoms with Crippen LogP contribution in [0.4, 0.5) is 0 Å². The van der Waals surface area contributed by atoms with Crippen LogP contribution in [-0.4, -0.2) is 29.4 Å². The lowest BCUT2D eigenvalue weighted by Gasteiger charge is -2.15. The van der Waals surface area contributed by atoms with E-state index in [1.54, 1.807) is 11.7 Å². The Hall–Kier alpha value is -1.77. The Morgan fingerprint density at radius 2 is 2.04 bits per heavy atom. The summed E-state index contributed by atoms with van der Waals surface area (Å²) < 4.78 is 7.64. The van der Waals surface area contributed by atoms with Crippen molar-refractivity contribution in [2.45, 2.75) is 33.4 Å². The lowest BCUT2D eigenvalue weighted by atomic mass is 10.1. The Morgan fingerprint density at radius 1 is 1.28 bits per heavy atom. The number of nitrogens with zero attached hydrogens (tertiary/aromatic N) is 3. The van der Waals surface area contributed by atoms with E-state index in [9.17, 15) is 0 Å². The summed E-state index contributed by atoms with van der Waals surface area (Å²) in [5.41, 5.74) is 3.44. The third kappa shape index (κ3) is 6.93. The molecule has 0 aliphatic heterocycles. The van der Waals surface area contributed by atoms with Crippen molar-refractivity contribution in [3.63, 3.8) is 0 Å². The molecular formula is C18H28IN5O. The maximum atomic E-state index is 5.85. The van der Waals surface area contributed by atoms with Gasteiger partial charge in [0.05, 0.1) is 12.8 Å². The predicted molar refractivity (Wildman–Crippen MR) is 113 cm³/mol. The van der Waals surface area contributed by atoms with Crippen molar-refractivity contribution in [1.82, 2.24) is 20.4 Å². The minimum atomic E-state index is 0. The summed E-state index contributed by atoms with van der Waals surface area (Å²) in [7, 11) is 3.67. The average Bonchev–Trinajstić information content (AvgIpc) is 2.99. The largest absolute Gasteiger partial charge is 0.493 e. The van der Waals surface area contributed by atoms with E-state index < -0.39 is 0 Å². The van der Waals surface area contributed by atoms with Crippen LogP contribution in [0.5, 0.6) is 5.75 Å². The summed E-state index contributed by atoms with van der Waals surface area (Å²) in [4.78, 5) is 4.26. The van der Waals surface area contributed by atoms with Gasteiger partial charge in [-0.05, 0) is 25.0 Å². The van der Waals surface area contributed by atoms with Crippen LogP contribution in [0.1, 0.15) is 30.0 Å². The van der Waals surface area contributed by atoms with Crippen LogP contribution in [0.3, 0.4) is 0 Å². The highest BCUT2D eigenvalue weighted by Crippen LogP contribution is 2.20. The summed E-state index contributed by atoms with van der Waals surface area (Å²) in [6.07, 6.45) is 4.82. The number of guanidine groups is 1. The number of aromatic nitrogens is 2. The van der Waals surface area contributed by atoms with Gasteiger partial charge in [-0.3, -0.25) is 9.67 Å². The second-order valence-electron chi connectivity index (χ2n) is 5.76. The van der Waals surface area contributed by atoms with Crippen LogP contribution < -0.4 is 15.4 Å². The molecule has 0 spiro atoms. The fourth-order valence-corrected chi connectivity index (χ4v) is 2.30. The second kappa shape index (κ2) is 11.0. The van der Waals surface area contributed by atoms with E-state index in [2.05, 4.69) is 52.8 Å². The van der Waals surface area contributed by atoms with Crippen molar-refractivity contribution in [1.29, 1.82) is 0 Å². The van der Waals surface area contributed by atoms with Gasteiger partial charge in [-0.1, -0.05) is 19.1 Å². The topological polar surface area (TPSA) is 63.5 Å². The van der Waals surface area contributed by atoms with Crippen LogP contribution >= 0.6 is 24.0 Å². The Labute approximate surface area is 167 Å². The van der Waals surface area contributed by atoms with Crippen molar-refractivity contribution >= 4 is 29.9 Å². The van der Waals surface area contributed by atoms with E-state index in [-0.39, 0.29) is 24.0 Å². The number of nitrogens with one attached hydrogen (secondary N) is 2. The molecule has 25 heavy (non-hydrogen) atoms. The van der Waals surface area contributed by atoms with Gasteiger partial charge >= 0.3 is 0 Å². The van der Waals surface area contributed by atoms with Gasteiger partial charge in [0, 0.05) is 44.5 Å². The molecule has 0 bridgehead atoms. The molecule has 0 radical (unpaired) electrons. The number of hydrogen-bond donors (Lipinski definition) is 2. The monoisotopic (exact) mass is 457 g/mol. The van der Waals surface area contributed by atoms with E-state index in [0.29, 0.717) is 13.1 Å². The minimum Gasteiger partial charge on any atom is -0.493 e. The Morgan fingerprint density at radius 3 is 2.68 bits per heavy atom. The van der Waals surface area contributed by atoms with Crippen LogP contribution in [-0.2, 0) is 20.1 Å². The molecule has 0 fully saturated rings. The van der Waals surface area contributed by atoms with Crippen LogP contribution in [0.2, 0.25) is 0 Å². The van der Waals surface area contributed by atoms with Gasteiger partial charge in [0.15, 0.2) is 5.96 Å². The number of aliphatic imine (C=N–C) groups is 1. The molecule has 0 unspecified atom stereocenters. The van der Waals surface area contributed by atoms with Gasteiger partial charge in [-0.2, -0.15) is 5.10 Å². The highest BCUT2D eigenvalue weighted by atomic mass is 127. The summed E-state index contributed by atoms with van der Waals surface area (Å²) in [6, 6.07) is 6.28. The first-order valence-corrected chi connectivity index (χ1v) is 8.26. The van der Waals surface area contributed by atoms with Crippen LogP contribution in [0.15, 0.2) is 35.6 Å². The van der Waals surface area contributed by atoms with Crippen LogP contribution in [0.25, 0.3) is 0 Å². The highest BCUT2D eigenvalue weighted by molar-refractivity contribution is 14.0. The smallest absolute Gasteiger partial charge is 0.191 e. The maximum absolute atomic E-state index is 5.85. The SMILES string of the molecule is CCCOc1cc(C)ccc1CNC(=NC)NCc1cnn(C)c1.I. The van der Waals surface area contributed by atoms with E-state index >= 15 is 0 Å². The zero-order valence-electron chi connectivity index (χ0n) is 15.4. The molecule has 1 aromatic heterocycles. The van der Waals surface area contributed by atoms with Crippen molar-refractivity contribution in [2.75, 3.05) is 13.7 Å². The lowest BCUT2D eigenvalue weighted by Crippen LogP contribution is -2.36. The fourth-order valence-electron chi connectivity index (χ4n) is 2.30. The molecule has 6 nitrogen and oxygen atoms in total. The third-order valence-electron chi connectivity index (χ3n) is 3.57. The second-order valence-corrected chi connectivity index (χ2v) is 5.76. The predicted octanol–water partition coefficient (Wildman–Crippen LogP) is 3.00. The average molecular weight is 457 g/mol. The molecule has 2 N–H and O–H groups in total. The molecule has 1 heterocycles. The van der Waals surface area contributed by atoms with E-state index in [1.807, 2.05) is 19.4 Å². The Kier molecular flexibility index (Phi) is 9.33. The lowest BCUT2D eigenvalue weighted by molar-refractivity contribution is 0.313. The summed E-state index contributed by atoms with van der Waals surface area (Å²) in [5.74, 6) is 1.69. The number of hydrogen-bond acceptors (Lipinski definition) is 3. The first-order valence-electron chi connectivity index (χ1n) is 8.26. The molecule has 1 aromatic carbocycles. The summed E-state index contributed by atoms with van der Waals surface area (Å²) >= 11 is 0. The molecule has 2 aromatic rings. The van der Waals surface area contributed by atoms with Gasteiger partial charge in [-0.15, -0.1) is 24.0 Å². The molecule has 2 rings (SSSR count). The zero-order valence-corrected chi connectivity index (χ0v) is 17.7. The number of rotatable bonds is 7. The third-order valence-corrected chi connectivity index (χ3v) is 3.57.